The largest absolute Gasteiger partial charge is 0.314 e. The summed E-state index contributed by atoms with van der Waals surface area (Å²) in [4.78, 5) is 0. The molecule has 0 heterocycles. The van der Waals surface area contributed by atoms with Gasteiger partial charge in [0, 0.05) is 12.6 Å². The van der Waals surface area contributed by atoms with Crippen molar-refractivity contribution < 1.29 is 8.42 Å². The highest BCUT2D eigenvalue weighted by molar-refractivity contribution is 7.89. The van der Waals surface area contributed by atoms with Crippen LogP contribution in [0.1, 0.15) is 52.9 Å². The molecule has 0 amide bonds. The average molecular weight is 264 g/mol. The first-order chi connectivity index (χ1) is 7.98. The minimum absolute atomic E-state index is 0.223. The summed E-state index contributed by atoms with van der Waals surface area (Å²) in [6.07, 6.45) is 5.07. The zero-order valence-electron chi connectivity index (χ0n) is 11.5. The van der Waals surface area contributed by atoms with Crippen LogP contribution in [0, 0.1) is 0 Å². The molecule has 0 aromatic carbocycles. The summed E-state index contributed by atoms with van der Waals surface area (Å²) in [5.74, 6) is 0.223. The molecule has 17 heavy (non-hydrogen) atoms. The minimum Gasteiger partial charge on any atom is -0.314 e. The second-order valence-corrected chi connectivity index (χ2v) is 6.66. The van der Waals surface area contributed by atoms with Crippen LogP contribution in [-0.4, -0.2) is 33.3 Å². The molecule has 104 valence electrons. The third-order valence-corrected chi connectivity index (χ3v) is 3.96. The van der Waals surface area contributed by atoms with Crippen molar-refractivity contribution in [3.63, 3.8) is 0 Å². The molecule has 5 heteroatoms. The van der Waals surface area contributed by atoms with Crippen molar-refractivity contribution in [2.75, 3.05) is 18.8 Å². The summed E-state index contributed by atoms with van der Waals surface area (Å²) < 4.78 is 25.8. The molecule has 0 aliphatic rings. The van der Waals surface area contributed by atoms with E-state index >= 15 is 0 Å². The first kappa shape index (κ1) is 16.9. The van der Waals surface area contributed by atoms with Gasteiger partial charge in [0.25, 0.3) is 0 Å². The molecule has 0 aromatic rings. The molecule has 0 aliphatic carbocycles. The smallest absolute Gasteiger partial charge is 0.211 e. The van der Waals surface area contributed by atoms with Crippen LogP contribution in [0.2, 0.25) is 0 Å². The maximum atomic E-state index is 11.6. The summed E-state index contributed by atoms with van der Waals surface area (Å²) >= 11 is 0. The maximum absolute atomic E-state index is 11.6. The van der Waals surface area contributed by atoms with Gasteiger partial charge in [0.05, 0.1) is 5.75 Å². The van der Waals surface area contributed by atoms with Gasteiger partial charge in [-0.25, -0.2) is 13.1 Å². The third kappa shape index (κ3) is 12.1. The fraction of sp³-hybridized carbons (Fsp3) is 1.00. The fourth-order valence-electron chi connectivity index (χ4n) is 1.50. The Kier molecular flexibility index (Phi) is 9.78. The highest BCUT2D eigenvalue weighted by atomic mass is 32.2. The molecule has 0 saturated carbocycles. The molecule has 0 bridgehead atoms. The molecule has 0 atom stereocenters. The van der Waals surface area contributed by atoms with Gasteiger partial charge in [-0.1, -0.05) is 40.0 Å². The summed E-state index contributed by atoms with van der Waals surface area (Å²) in [5, 5.41) is 3.21. The predicted octanol–water partition coefficient (Wildman–Crippen LogP) is 1.87. The fourth-order valence-corrected chi connectivity index (χ4v) is 2.63. The Morgan fingerprint density at radius 3 is 2.29 bits per heavy atom. The number of sulfonamides is 1. The second kappa shape index (κ2) is 9.85. The molecule has 4 nitrogen and oxygen atoms in total. The van der Waals surface area contributed by atoms with Gasteiger partial charge < -0.3 is 5.32 Å². The Morgan fingerprint density at radius 2 is 1.71 bits per heavy atom. The molecule has 0 unspecified atom stereocenters. The Labute approximate surface area is 107 Å². The zero-order valence-corrected chi connectivity index (χ0v) is 12.3. The van der Waals surface area contributed by atoms with Gasteiger partial charge >= 0.3 is 0 Å². The van der Waals surface area contributed by atoms with Crippen LogP contribution in [-0.2, 0) is 10.0 Å². The van der Waals surface area contributed by atoms with Gasteiger partial charge in [0.1, 0.15) is 0 Å². The Morgan fingerprint density at radius 1 is 1.00 bits per heavy atom. The van der Waals surface area contributed by atoms with E-state index in [9.17, 15) is 8.42 Å². The van der Waals surface area contributed by atoms with Crippen molar-refractivity contribution >= 4 is 10.0 Å². The monoisotopic (exact) mass is 264 g/mol. The first-order valence-corrected chi connectivity index (χ1v) is 8.34. The van der Waals surface area contributed by atoms with E-state index in [1.807, 2.05) is 0 Å². The zero-order chi connectivity index (χ0) is 13.1. The van der Waals surface area contributed by atoms with Gasteiger partial charge in [-0.3, -0.25) is 0 Å². The number of nitrogens with one attached hydrogen (secondary N) is 2. The van der Waals surface area contributed by atoms with Crippen LogP contribution in [0.5, 0.6) is 0 Å². The molecule has 0 saturated heterocycles. The SMILES string of the molecule is CCCCCCNS(=O)(=O)CCCNC(C)C. The Balaban J connectivity index is 3.52. The van der Waals surface area contributed by atoms with Gasteiger partial charge in [-0.2, -0.15) is 0 Å². The van der Waals surface area contributed by atoms with E-state index in [4.69, 9.17) is 0 Å². The van der Waals surface area contributed by atoms with Crippen LogP contribution < -0.4 is 10.0 Å². The van der Waals surface area contributed by atoms with E-state index in [0.29, 0.717) is 19.0 Å². The van der Waals surface area contributed by atoms with Crippen molar-refractivity contribution in [3.8, 4) is 0 Å². The van der Waals surface area contributed by atoms with E-state index in [0.717, 1.165) is 19.4 Å². The third-order valence-electron chi connectivity index (χ3n) is 2.49. The average Bonchev–Trinajstić information content (AvgIpc) is 2.24. The lowest BCUT2D eigenvalue weighted by Gasteiger charge is -2.09. The van der Waals surface area contributed by atoms with E-state index in [1.54, 1.807) is 0 Å². The second-order valence-electron chi connectivity index (χ2n) is 4.74. The van der Waals surface area contributed by atoms with Crippen LogP contribution in [0.25, 0.3) is 0 Å². The van der Waals surface area contributed by atoms with E-state index in [2.05, 4.69) is 30.8 Å². The molecule has 0 aromatic heterocycles. The van der Waals surface area contributed by atoms with E-state index < -0.39 is 10.0 Å². The van der Waals surface area contributed by atoms with E-state index in [-0.39, 0.29) is 5.75 Å². The number of unbranched alkanes of at least 4 members (excludes halogenated alkanes) is 3. The maximum Gasteiger partial charge on any atom is 0.211 e. The van der Waals surface area contributed by atoms with Gasteiger partial charge in [0.2, 0.25) is 10.0 Å². The highest BCUT2D eigenvalue weighted by Crippen LogP contribution is 1.98. The van der Waals surface area contributed by atoms with Gasteiger partial charge in [0.15, 0.2) is 0 Å². The molecule has 0 radical (unpaired) electrons. The van der Waals surface area contributed by atoms with Crippen LogP contribution >= 0.6 is 0 Å². The van der Waals surface area contributed by atoms with Gasteiger partial charge in [-0.15, -0.1) is 0 Å². The minimum atomic E-state index is -3.06. The molecule has 0 aliphatic heterocycles. The van der Waals surface area contributed by atoms with E-state index in [1.165, 1.54) is 12.8 Å². The van der Waals surface area contributed by atoms with Crippen molar-refractivity contribution in [3.05, 3.63) is 0 Å². The molecule has 2 N–H and O–H groups in total. The van der Waals surface area contributed by atoms with Crippen molar-refractivity contribution in [2.45, 2.75) is 58.9 Å². The lowest BCUT2D eigenvalue weighted by Crippen LogP contribution is -2.30. The first-order valence-electron chi connectivity index (χ1n) is 6.68. The Hall–Kier alpha value is -0.130. The number of hydrogen-bond donors (Lipinski definition) is 2. The summed E-state index contributed by atoms with van der Waals surface area (Å²) in [6.45, 7) is 7.60. The number of hydrogen-bond acceptors (Lipinski definition) is 3. The lowest BCUT2D eigenvalue weighted by molar-refractivity contribution is 0.557. The highest BCUT2D eigenvalue weighted by Gasteiger charge is 2.08. The summed E-state index contributed by atoms with van der Waals surface area (Å²) in [7, 11) is -3.06. The molecular weight excluding hydrogens is 236 g/mol. The number of rotatable bonds is 11. The molecular formula is C12H28N2O2S. The summed E-state index contributed by atoms with van der Waals surface area (Å²) in [5.41, 5.74) is 0. The van der Waals surface area contributed by atoms with Crippen molar-refractivity contribution in [1.82, 2.24) is 10.0 Å². The van der Waals surface area contributed by atoms with Crippen LogP contribution in [0.3, 0.4) is 0 Å². The molecule has 0 spiro atoms. The Bertz CT molecular complexity index is 264. The summed E-state index contributed by atoms with van der Waals surface area (Å²) in [6, 6.07) is 0.416. The normalized spacial score (nSPS) is 12.2. The predicted molar refractivity (Wildman–Crippen MR) is 73.7 cm³/mol. The van der Waals surface area contributed by atoms with Crippen LogP contribution in [0.15, 0.2) is 0 Å². The lowest BCUT2D eigenvalue weighted by atomic mass is 10.2. The van der Waals surface area contributed by atoms with Crippen molar-refractivity contribution in [1.29, 1.82) is 0 Å². The topological polar surface area (TPSA) is 58.2 Å². The van der Waals surface area contributed by atoms with Crippen molar-refractivity contribution in [2.24, 2.45) is 0 Å². The van der Waals surface area contributed by atoms with Gasteiger partial charge in [-0.05, 0) is 19.4 Å². The quantitative estimate of drug-likeness (QED) is 0.560. The standard InChI is InChI=1S/C12H28N2O2S/c1-4-5-6-7-10-14-17(15,16)11-8-9-13-12(2)3/h12-14H,4-11H2,1-3H3. The molecule has 0 rings (SSSR count). The van der Waals surface area contributed by atoms with Crippen LogP contribution in [0.4, 0.5) is 0 Å². The molecule has 0 fully saturated rings.